The molecule has 7 heteroatoms. The van der Waals surface area contributed by atoms with E-state index in [2.05, 4.69) is 37.7 Å². The minimum absolute atomic E-state index is 0.312. The number of H-pyrrole nitrogens is 1. The zero-order valence-corrected chi connectivity index (χ0v) is 10.9. The highest BCUT2D eigenvalue weighted by molar-refractivity contribution is 5.87. The van der Waals surface area contributed by atoms with E-state index in [-0.39, 0.29) is 0 Å². The van der Waals surface area contributed by atoms with Gasteiger partial charge in [0, 0.05) is 13.2 Å². The van der Waals surface area contributed by atoms with Crippen LogP contribution in [0.15, 0.2) is 6.20 Å². The molecule has 0 bridgehead atoms. The Kier molecular flexibility index (Phi) is 3.45. The minimum atomic E-state index is 0.312. The highest BCUT2D eigenvalue weighted by Gasteiger charge is 2.18. The molecule has 19 heavy (non-hydrogen) atoms. The maximum Gasteiger partial charge on any atom is 0.226 e. The second-order valence-corrected chi connectivity index (χ2v) is 4.66. The Morgan fingerprint density at radius 3 is 3.21 bits per heavy atom. The minimum Gasteiger partial charge on any atom is -0.379 e. The van der Waals surface area contributed by atoms with Crippen molar-refractivity contribution in [1.82, 2.24) is 20.2 Å². The number of aromatic amines is 1. The van der Waals surface area contributed by atoms with Crippen LogP contribution in [0, 0.1) is 0 Å². The lowest BCUT2D eigenvalue weighted by Gasteiger charge is -2.13. The second kappa shape index (κ2) is 5.40. The van der Waals surface area contributed by atoms with Gasteiger partial charge in [-0.15, -0.1) is 0 Å². The van der Waals surface area contributed by atoms with E-state index in [0.717, 1.165) is 49.5 Å². The number of hydrogen-bond donors (Lipinski definition) is 3. The SMILES string of the molecule is CCCNc1nc(NC2CCOC2)c2cn[nH]c2n1. The fourth-order valence-electron chi connectivity index (χ4n) is 2.10. The van der Waals surface area contributed by atoms with Crippen LogP contribution in [-0.4, -0.2) is 46.0 Å². The van der Waals surface area contributed by atoms with E-state index in [1.54, 1.807) is 6.20 Å². The number of hydrogen-bond acceptors (Lipinski definition) is 6. The molecule has 3 rings (SSSR count). The van der Waals surface area contributed by atoms with E-state index < -0.39 is 0 Å². The van der Waals surface area contributed by atoms with Gasteiger partial charge in [-0.05, 0) is 12.8 Å². The Hall–Kier alpha value is -1.89. The molecule has 0 aromatic carbocycles. The topological polar surface area (TPSA) is 87.8 Å². The third kappa shape index (κ3) is 2.60. The third-order valence-corrected chi connectivity index (χ3v) is 3.11. The second-order valence-electron chi connectivity index (χ2n) is 4.66. The van der Waals surface area contributed by atoms with Gasteiger partial charge in [0.1, 0.15) is 5.82 Å². The van der Waals surface area contributed by atoms with Crippen LogP contribution in [0.2, 0.25) is 0 Å². The van der Waals surface area contributed by atoms with Gasteiger partial charge in [-0.1, -0.05) is 6.92 Å². The number of fused-ring (bicyclic) bond motifs is 1. The standard InChI is InChI=1S/C12H18N6O/c1-2-4-13-12-16-10(15-8-3-5-19-7-8)9-6-14-18-11(9)17-12/h6,8H,2-5,7H2,1H3,(H3,13,14,15,16,17,18). The average molecular weight is 262 g/mol. The summed E-state index contributed by atoms with van der Waals surface area (Å²) in [7, 11) is 0. The van der Waals surface area contributed by atoms with E-state index in [1.165, 1.54) is 0 Å². The van der Waals surface area contributed by atoms with E-state index in [9.17, 15) is 0 Å². The van der Waals surface area contributed by atoms with Crippen LogP contribution in [0.4, 0.5) is 11.8 Å². The normalized spacial score (nSPS) is 18.9. The van der Waals surface area contributed by atoms with Crippen LogP contribution in [0.3, 0.4) is 0 Å². The van der Waals surface area contributed by atoms with Crippen molar-refractivity contribution in [2.75, 3.05) is 30.4 Å². The molecule has 1 saturated heterocycles. The summed E-state index contributed by atoms with van der Waals surface area (Å²) in [6.07, 6.45) is 3.78. The summed E-state index contributed by atoms with van der Waals surface area (Å²) < 4.78 is 5.37. The predicted octanol–water partition coefficient (Wildman–Crippen LogP) is 1.38. The molecule has 1 aliphatic heterocycles. The van der Waals surface area contributed by atoms with Gasteiger partial charge in [0.25, 0.3) is 0 Å². The molecule has 1 aliphatic rings. The van der Waals surface area contributed by atoms with E-state index in [1.807, 2.05) is 0 Å². The van der Waals surface area contributed by atoms with Crippen molar-refractivity contribution < 1.29 is 4.74 Å². The summed E-state index contributed by atoms with van der Waals surface area (Å²) in [6, 6.07) is 0.312. The Morgan fingerprint density at radius 2 is 2.42 bits per heavy atom. The maximum absolute atomic E-state index is 5.37. The molecule has 1 unspecified atom stereocenters. The van der Waals surface area contributed by atoms with Crippen LogP contribution < -0.4 is 10.6 Å². The van der Waals surface area contributed by atoms with Gasteiger partial charge in [-0.25, -0.2) is 0 Å². The molecule has 1 atom stereocenters. The average Bonchev–Trinajstić information content (AvgIpc) is 3.06. The molecule has 0 amide bonds. The molecule has 7 nitrogen and oxygen atoms in total. The number of anilines is 2. The summed E-state index contributed by atoms with van der Waals surface area (Å²) >= 11 is 0. The van der Waals surface area contributed by atoms with Crippen molar-refractivity contribution in [2.45, 2.75) is 25.8 Å². The Morgan fingerprint density at radius 1 is 1.47 bits per heavy atom. The lowest BCUT2D eigenvalue weighted by molar-refractivity contribution is 0.195. The lowest BCUT2D eigenvalue weighted by Crippen LogP contribution is -2.20. The number of nitrogens with one attached hydrogen (secondary N) is 3. The van der Waals surface area contributed by atoms with Crippen molar-refractivity contribution in [2.24, 2.45) is 0 Å². The molecular weight excluding hydrogens is 244 g/mol. The molecule has 2 aromatic heterocycles. The van der Waals surface area contributed by atoms with Crippen LogP contribution in [0.5, 0.6) is 0 Å². The highest BCUT2D eigenvalue weighted by Crippen LogP contribution is 2.22. The number of rotatable bonds is 5. The summed E-state index contributed by atoms with van der Waals surface area (Å²) in [5.74, 6) is 1.44. The number of ether oxygens (including phenoxy) is 1. The zero-order chi connectivity index (χ0) is 13.1. The first-order chi connectivity index (χ1) is 9.36. The Labute approximate surface area is 111 Å². The summed E-state index contributed by atoms with van der Waals surface area (Å²) in [5, 5.41) is 14.4. The number of aromatic nitrogens is 4. The third-order valence-electron chi connectivity index (χ3n) is 3.11. The van der Waals surface area contributed by atoms with Crippen molar-refractivity contribution in [1.29, 1.82) is 0 Å². The Bertz CT molecular complexity index is 548. The first-order valence-electron chi connectivity index (χ1n) is 6.66. The molecule has 1 fully saturated rings. The van der Waals surface area contributed by atoms with Crippen LogP contribution >= 0.6 is 0 Å². The quantitative estimate of drug-likeness (QED) is 0.754. The van der Waals surface area contributed by atoms with Crippen LogP contribution in [0.25, 0.3) is 11.0 Å². The molecule has 2 aromatic rings. The van der Waals surface area contributed by atoms with Gasteiger partial charge in [0.15, 0.2) is 5.65 Å². The van der Waals surface area contributed by atoms with Crippen LogP contribution in [0.1, 0.15) is 19.8 Å². The van der Waals surface area contributed by atoms with Crippen molar-refractivity contribution in [3.63, 3.8) is 0 Å². The molecule has 3 heterocycles. The lowest BCUT2D eigenvalue weighted by atomic mass is 10.2. The van der Waals surface area contributed by atoms with Gasteiger partial charge >= 0.3 is 0 Å². The smallest absolute Gasteiger partial charge is 0.226 e. The fourth-order valence-corrected chi connectivity index (χ4v) is 2.10. The van der Waals surface area contributed by atoms with Gasteiger partial charge < -0.3 is 15.4 Å². The van der Waals surface area contributed by atoms with Gasteiger partial charge in [-0.2, -0.15) is 15.1 Å². The monoisotopic (exact) mass is 262 g/mol. The van der Waals surface area contributed by atoms with Crippen molar-refractivity contribution in [3.05, 3.63) is 6.20 Å². The van der Waals surface area contributed by atoms with Gasteiger partial charge in [0.2, 0.25) is 5.95 Å². The van der Waals surface area contributed by atoms with Gasteiger partial charge in [0.05, 0.1) is 24.2 Å². The van der Waals surface area contributed by atoms with E-state index >= 15 is 0 Å². The molecule has 0 saturated carbocycles. The van der Waals surface area contributed by atoms with Crippen LogP contribution in [-0.2, 0) is 4.74 Å². The summed E-state index contributed by atoms with van der Waals surface area (Å²) in [6.45, 7) is 4.49. The maximum atomic E-state index is 5.37. The number of nitrogens with zero attached hydrogens (tertiary/aromatic N) is 3. The predicted molar refractivity (Wildman–Crippen MR) is 73.3 cm³/mol. The fraction of sp³-hybridized carbons (Fsp3) is 0.583. The molecule has 0 radical (unpaired) electrons. The van der Waals surface area contributed by atoms with Gasteiger partial charge in [-0.3, -0.25) is 5.10 Å². The van der Waals surface area contributed by atoms with E-state index in [4.69, 9.17) is 4.74 Å². The van der Waals surface area contributed by atoms with Crippen molar-refractivity contribution in [3.8, 4) is 0 Å². The largest absolute Gasteiger partial charge is 0.379 e. The zero-order valence-electron chi connectivity index (χ0n) is 10.9. The molecule has 0 spiro atoms. The molecule has 0 aliphatic carbocycles. The molecule has 3 N–H and O–H groups in total. The summed E-state index contributed by atoms with van der Waals surface area (Å²) in [4.78, 5) is 8.92. The summed E-state index contributed by atoms with van der Waals surface area (Å²) in [5.41, 5.74) is 0.745. The Balaban J connectivity index is 1.88. The first-order valence-corrected chi connectivity index (χ1v) is 6.66. The molecule has 102 valence electrons. The van der Waals surface area contributed by atoms with E-state index in [0.29, 0.717) is 12.0 Å². The first kappa shape index (κ1) is 12.2. The highest BCUT2D eigenvalue weighted by atomic mass is 16.5. The van der Waals surface area contributed by atoms with Crippen molar-refractivity contribution >= 4 is 22.8 Å². The molecular formula is C12H18N6O.